The van der Waals surface area contributed by atoms with Gasteiger partial charge in [-0.25, -0.2) is 0 Å². The van der Waals surface area contributed by atoms with Crippen molar-refractivity contribution in [3.05, 3.63) is 48.0 Å². The van der Waals surface area contributed by atoms with Gasteiger partial charge in [0.15, 0.2) is 0 Å². The average molecular weight is 339 g/mol. The van der Waals surface area contributed by atoms with Gasteiger partial charge < -0.3 is 4.74 Å². The van der Waals surface area contributed by atoms with Crippen LogP contribution in [-0.4, -0.2) is 19.0 Å². The van der Waals surface area contributed by atoms with E-state index in [1.165, 1.54) is 7.11 Å². The largest absolute Gasteiger partial charge is 0.496 e. The summed E-state index contributed by atoms with van der Waals surface area (Å²) in [5, 5.41) is 0. The van der Waals surface area contributed by atoms with E-state index in [4.69, 9.17) is 4.74 Å². The van der Waals surface area contributed by atoms with E-state index in [2.05, 4.69) is 13.0 Å². The van der Waals surface area contributed by atoms with Crippen LogP contribution in [0.5, 0.6) is 5.75 Å². The van der Waals surface area contributed by atoms with Gasteiger partial charge in [0, 0.05) is 10.5 Å². The Morgan fingerprint density at radius 2 is 2.00 bits per heavy atom. The van der Waals surface area contributed by atoms with E-state index >= 15 is 0 Å². The molecule has 0 amide bonds. The van der Waals surface area contributed by atoms with Crippen LogP contribution in [-0.2, 0) is 6.42 Å². The second-order valence-electron chi connectivity index (χ2n) is 5.10. The SMILES string of the molecule is CCCc1cccc(-c2c(SCC(F)(F)F)[c]ccc2OC)c1. The molecule has 0 unspecified atom stereocenters. The lowest BCUT2D eigenvalue weighted by molar-refractivity contribution is -0.105. The number of hydrogen-bond donors (Lipinski definition) is 0. The monoisotopic (exact) mass is 339 g/mol. The van der Waals surface area contributed by atoms with Crippen molar-refractivity contribution in [2.75, 3.05) is 12.9 Å². The van der Waals surface area contributed by atoms with Crippen molar-refractivity contribution in [2.24, 2.45) is 0 Å². The molecule has 0 N–H and O–H groups in total. The fourth-order valence-corrected chi connectivity index (χ4v) is 3.16. The maximum absolute atomic E-state index is 12.6. The summed E-state index contributed by atoms with van der Waals surface area (Å²) in [7, 11) is 1.52. The Hall–Kier alpha value is -1.62. The topological polar surface area (TPSA) is 9.23 Å². The van der Waals surface area contributed by atoms with E-state index in [1.807, 2.05) is 24.3 Å². The highest BCUT2D eigenvalue weighted by Gasteiger charge is 2.28. The summed E-state index contributed by atoms with van der Waals surface area (Å²) in [5.74, 6) is -0.389. The predicted molar refractivity (Wildman–Crippen MR) is 88.0 cm³/mol. The van der Waals surface area contributed by atoms with Crippen molar-refractivity contribution < 1.29 is 17.9 Å². The van der Waals surface area contributed by atoms with Crippen molar-refractivity contribution in [3.63, 3.8) is 0 Å². The standard InChI is InChI=1S/C18H18F3OS/c1-3-6-13-7-4-8-14(11-13)17-15(22-2)9-5-10-16(17)23-12-18(19,20)21/h4-5,7-9,11H,3,6,12H2,1-2H3. The van der Waals surface area contributed by atoms with Gasteiger partial charge in [0.1, 0.15) is 5.75 Å². The van der Waals surface area contributed by atoms with Crippen LogP contribution in [0.25, 0.3) is 11.1 Å². The lowest BCUT2D eigenvalue weighted by Crippen LogP contribution is -2.10. The predicted octanol–water partition coefficient (Wildman–Crippen LogP) is 5.77. The summed E-state index contributed by atoms with van der Waals surface area (Å²) in [6.07, 6.45) is -2.28. The molecule has 0 aliphatic heterocycles. The van der Waals surface area contributed by atoms with E-state index in [-0.39, 0.29) is 0 Å². The van der Waals surface area contributed by atoms with Gasteiger partial charge in [0.2, 0.25) is 0 Å². The number of halogens is 3. The van der Waals surface area contributed by atoms with Crippen LogP contribution < -0.4 is 4.74 Å². The van der Waals surface area contributed by atoms with Gasteiger partial charge in [-0.15, -0.1) is 11.8 Å². The highest BCUT2D eigenvalue weighted by Crippen LogP contribution is 2.40. The number of thioether (sulfide) groups is 1. The number of rotatable bonds is 6. The summed E-state index contributed by atoms with van der Waals surface area (Å²) >= 11 is 0.737. The summed E-state index contributed by atoms with van der Waals surface area (Å²) in [6, 6.07) is 14.1. The molecule has 0 fully saturated rings. The van der Waals surface area contributed by atoms with Crippen LogP contribution in [0.3, 0.4) is 0 Å². The zero-order chi connectivity index (χ0) is 16.9. The number of benzene rings is 2. The Morgan fingerprint density at radius 1 is 1.22 bits per heavy atom. The Kier molecular flexibility index (Phi) is 5.99. The minimum atomic E-state index is -4.22. The molecule has 0 spiro atoms. The van der Waals surface area contributed by atoms with Crippen molar-refractivity contribution in [3.8, 4) is 16.9 Å². The summed E-state index contributed by atoms with van der Waals surface area (Å²) < 4.78 is 43.0. The molecule has 2 rings (SSSR count). The lowest BCUT2D eigenvalue weighted by atomic mass is 10.0. The molecule has 123 valence electrons. The minimum absolute atomic E-state index is 0.454. The number of alkyl halides is 3. The van der Waals surface area contributed by atoms with Crippen LogP contribution in [0.2, 0.25) is 0 Å². The van der Waals surface area contributed by atoms with Gasteiger partial charge in [-0.05, 0) is 35.7 Å². The van der Waals surface area contributed by atoms with Crippen LogP contribution >= 0.6 is 11.8 Å². The molecule has 1 radical (unpaired) electrons. The molecule has 0 heterocycles. The first-order valence-corrected chi connectivity index (χ1v) is 8.30. The molecule has 0 atom stereocenters. The Balaban J connectivity index is 2.44. The molecule has 0 bridgehead atoms. The second-order valence-corrected chi connectivity index (χ2v) is 6.09. The molecule has 5 heteroatoms. The maximum Gasteiger partial charge on any atom is 0.398 e. The molecule has 0 aliphatic rings. The Bertz CT molecular complexity index is 653. The van der Waals surface area contributed by atoms with Crippen molar-refractivity contribution >= 4 is 11.8 Å². The fraction of sp³-hybridized carbons (Fsp3) is 0.333. The van der Waals surface area contributed by atoms with Gasteiger partial charge in [-0.2, -0.15) is 13.2 Å². The number of ether oxygens (including phenoxy) is 1. The highest BCUT2D eigenvalue weighted by molar-refractivity contribution is 7.99. The Morgan fingerprint density at radius 3 is 2.65 bits per heavy atom. The van der Waals surface area contributed by atoms with Crippen LogP contribution in [0, 0.1) is 6.07 Å². The van der Waals surface area contributed by atoms with Gasteiger partial charge in [-0.3, -0.25) is 0 Å². The van der Waals surface area contributed by atoms with E-state index in [1.54, 1.807) is 12.1 Å². The van der Waals surface area contributed by atoms with E-state index < -0.39 is 11.9 Å². The molecular formula is C18H18F3OS. The van der Waals surface area contributed by atoms with E-state index in [0.29, 0.717) is 16.2 Å². The molecular weight excluding hydrogens is 321 g/mol. The lowest BCUT2D eigenvalue weighted by Gasteiger charge is -2.15. The van der Waals surface area contributed by atoms with Crippen LogP contribution in [0.1, 0.15) is 18.9 Å². The van der Waals surface area contributed by atoms with Crippen molar-refractivity contribution in [1.29, 1.82) is 0 Å². The molecule has 0 aromatic heterocycles. The molecule has 2 aromatic carbocycles. The third-order valence-electron chi connectivity index (χ3n) is 3.28. The fourth-order valence-electron chi connectivity index (χ4n) is 2.34. The highest BCUT2D eigenvalue weighted by atomic mass is 32.2. The second kappa shape index (κ2) is 7.77. The van der Waals surface area contributed by atoms with E-state index in [0.717, 1.165) is 35.7 Å². The van der Waals surface area contributed by atoms with Gasteiger partial charge >= 0.3 is 6.18 Å². The average Bonchev–Trinajstić information content (AvgIpc) is 2.52. The third-order valence-corrected chi connectivity index (χ3v) is 4.36. The molecule has 0 saturated carbocycles. The third kappa shape index (κ3) is 4.93. The minimum Gasteiger partial charge on any atom is -0.496 e. The smallest absolute Gasteiger partial charge is 0.398 e. The van der Waals surface area contributed by atoms with Crippen molar-refractivity contribution in [1.82, 2.24) is 0 Å². The zero-order valence-corrected chi connectivity index (χ0v) is 13.9. The number of methoxy groups -OCH3 is 1. The van der Waals surface area contributed by atoms with Gasteiger partial charge in [-0.1, -0.05) is 37.6 Å². The number of aryl methyl sites for hydroxylation is 1. The molecule has 0 aliphatic carbocycles. The maximum atomic E-state index is 12.6. The number of hydrogen-bond acceptors (Lipinski definition) is 2. The first kappa shape index (κ1) is 17.7. The normalized spacial score (nSPS) is 11.5. The van der Waals surface area contributed by atoms with Crippen molar-refractivity contribution in [2.45, 2.75) is 30.8 Å². The molecule has 1 nitrogen and oxygen atoms in total. The first-order chi connectivity index (χ1) is 10.9. The molecule has 23 heavy (non-hydrogen) atoms. The summed E-state index contributed by atoms with van der Waals surface area (Å²) in [4.78, 5) is 0.454. The van der Waals surface area contributed by atoms with Crippen LogP contribution in [0.4, 0.5) is 13.2 Å². The summed E-state index contributed by atoms with van der Waals surface area (Å²) in [5.41, 5.74) is 2.68. The Labute approximate surface area is 138 Å². The van der Waals surface area contributed by atoms with Gasteiger partial charge in [0.25, 0.3) is 0 Å². The molecule has 0 saturated heterocycles. The first-order valence-electron chi connectivity index (χ1n) is 7.32. The van der Waals surface area contributed by atoms with Gasteiger partial charge in [0.05, 0.1) is 12.9 Å². The quantitative estimate of drug-likeness (QED) is 0.618. The molecule has 2 aromatic rings. The zero-order valence-electron chi connectivity index (χ0n) is 13.0. The van der Waals surface area contributed by atoms with E-state index in [9.17, 15) is 13.2 Å². The summed E-state index contributed by atoms with van der Waals surface area (Å²) in [6.45, 7) is 2.09. The van der Waals surface area contributed by atoms with Crippen LogP contribution in [0.15, 0.2) is 41.3 Å².